The second-order valence-electron chi connectivity index (χ2n) is 4.45. The van der Waals surface area contributed by atoms with E-state index in [-0.39, 0.29) is 5.91 Å². The smallest absolute Gasteiger partial charge is 0.343 e. The summed E-state index contributed by atoms with van der Waals surface area (Å²) in [7, 11) is 0. The molecule has 5 heteroatoms. The van der Waals surface area contributed by atoms with Crippen molar-refractivity contribution in [1.29, 1.82) is 0 Å². The van der Waals surface area contributed by atoms with Crippen LogP contribution in [0.3, 0.4) is 0 Å². The molecule has 0 aliphatic heterocycles. The molecule has 0 saturated heterocycles. The third-order valence-electron chi connectivity index (χ3n) is 3.05. The highest BCUT2D eigenvalue weighted by molar-refractivity contribution is 6.31. The number of amides is 1. The summed E-state index contributed by atoms with van der Waals surface area (Å²) in [4.78, 5) is 24.0. The highest BCUT2D eigenvalue weighted by Crippen LogP contribution is 2.19. The van der Waals surface area contributed by atoms with E-state index in [9.17, 15) is 9.59 Å². The summed E-state index contributed by atoms with van der Waals surface area (Å²) in [6.07, 6.45) is 1.17. The molecule has 1 amide bonds. The highest BCUT2D eigenvalue weighted by Gasteiger charge is 2.13. The molecule has 1 N–H and O–H groups in total. The third-order valence-corrected chi connectivity index (χ3v) is 3.28. The molecule has 4 nitrogen and oxygen atoms in total. The zero-order chi connectivity index (χ0) is 14.8. The van der Waals surface area contributed by atoms with Crippen LogP contribution >= 0.6 is 11.6 Å². The molecule has 0 spiro atoms. The Labute approximate surface area is 125 Å². The van der Waals surface area contributed by atoms with Crippen LogP contribution in [-0.4, -0.2) is 5.91 Å². The molecule has 0 saturated carbocycles. The summed E-state index contributed by atoms with van der Waals surface area (Å²) in [5.41, 5.74) is 0.401. The van der Waals surface area contributed by atoms with Crippen molar-refractivity contribution < 1.29 is 9.21 Å². The maximum atomic E-state index is 12.3. The second-order valence-corrected chi connectivity index (χ2v) is 4.88. The summed E-state index contributed by atoms with van der Waals surface area (Å²) in [6, 6.07) is 13.6. The summed E-state index contributed by atoms with van der Waals surface area (Å²) in [5, 5.41) is 4.17. The number of rotatable bonds is 2. The number of hydrogen-bond acceptors (Lipinski definition) is 3. The van der Waals surface area contributed by atoms with E-state index in [0.29, 0.717) is 27.0 Å². The van der Waals surface area contributed by atoms with E-state index in [1.807, 2.05) is 0 Å². The summed E-state index contributed by atoms with van der Waals surface area (Å²) in [6.45, 7) is 0. The van der Waals surface area contributed by atoms with Gasteiger partial charge in [-0.05, 0) is 24.3 Å². The summed E-state index contributed by atoms with van der Waals surface area (Å²) in [5.74, 6) is -0.364. The minimum atomic E-state index is -0.468. The molecule has 0 atom stereocenters. The Kier molecular flexibility index (Phi) is 3.46. The number of carbonyl (C=O) groups excluding carboxylic acids is 1. The van der Waals surface area contributed by atoms with Crippen LogP contribution in [0.5, 0.6) is 0 Å². The van der Waals surface area contributed by atoms with Gasteiger partial charge in [-0.1, -0.05) is 35.9 Å². The molecular formula is C16H10ClNO3. The average Bonchev–Trinajstić information content (AvgIpc) is 2.48. The maximum absolute atomic E-state index is 12.3. The van der Waals surface area contributed by atoms with Crippen molar-refractivity contribution in [3.63, 3.8) is 0 Å². The Morgan fingerprint density at radius 1 is 1.05 bits per heavy atom. The number of anilines is 1. The first-order valence-electron chi connectivity index (χ1n) is 6.22. The molecule has 3 rings (SSSR count). The van der Waals surface area contributed by atoms with E-state index in [4.69, 9.17) is 16.0 Å². The van der Waals surface area contributed by atoms with Gasteiger partial charge in [0.25, 0.3) is 5.91 Å². The molecule has 0 radical (unpaired) electrons. The Balaban J connectivity index is 2.03. The highest BCUT2D eigenvalue weighted by atomic mass is 35.5. The molecule has 104 valence electrons. The first kappa shape index (κ1) is 13.4. The van der Waals surface area contributed by atoms with Gasteiger partial charge in [0.15, 0.2) is 0 Å². The van der Waals surface area contributed by atoms with Gasteiger partial charge in [0.2, 0.25) is 0 Å². The fourth-order valence-electron chi connectivity index (χ4n) is 2.08. The molecule has 0 unspecified atom stereocenters. The molecular weight excluding hydrogens is 290 g/mol. The number of nitrogens with one attached hydrogen (secondary N) is 1. The van der Waals surface area contributed by atoms with Crippen LogP contribution < -0.4 is 10.9 Å². The Morgan fingerprint density at radius 3 is 2.57 bits per heavy atom. The number of carbonyl (C=O) groups is 1. The summed E-state index contributed by atoms with van der Waals surface area (Å²) >= 11 is 5.88. The van der Waals surface area contributed by atoms with Crippen molar-refractivity contribution in [1.82, 2.24) is 0 Å². The minimum absolute atomic E-state index is 0.296. The number of benzene rings is 2. The second kappa shape index (κ2) is 5.42. The van der Waals surface area contributed by atoms with Gasteiger partial charge < -0.3 is 9.73 Å². The van der Waals surface area contributed by atoms with Crippen molar-refractivity contribution in [3.8, 4) is 0 Å². The van der Waals surface area contributed by atoms with Crippen LogP contribution in [0.15, 0.2) is 64.0 Å². The van der Waals surface area contributed by atoms with E-state index in [1.165, 1.54) is 6.26 Å². The van der Waals surface area contributed by atoms with Crippen LogP contribution in [0.4, 0.5) is 5.69 Å². The molecule has 21 heavy (non-hydrogen) atoms. The monoisotopic (exact) mass is 299 g/mol. The minimum Gasteiger partial charge on any atom is -0.430 e. The molecule has 0 bridgehead atoms. The van der Waals surface area contributed by atoms with Crippen molar-refractivity contribution in [2.24, 2.45) is 0 Å². The van der Waals surface area contributed by atoms with Crippen molar-refractivity contribution in [2.75, 3.05) is 5.32 Å². The fourth-order valence-corrected chi connectivity index (χ4v) is 2.27. The largest absolute Gasteiger partial charge is 0.430 e. The predicted octanol–water partition coefficient (Wildman–Crippen LogP) is 3.70. The van der Waals surface area contributed by atoms with Gasteiger partial charge in [-0.3, -0.25) is 4.79 Å². The van der Waals surface area contributed by atoms with E-state index >= 15 is 0 Å². The first-order valence-corrected chi connectivity index (χ1v) is 6.60. The van der Waals surface area contributed by atoms with Gasteiger partial charge in [0.1, 0.15) is 6.26 Å². The number of halogens is 1. The van der Waals surface area contributed by atoms with E-state index in [2.05, 4.69) is 5.32 Å². The summed E-state index contributed by atoms with van der Waals surface area (Å²) < 4.78 is 4.91. The normalized spacial score (nSPS) is 10.5. The lowest BCUT2D eigenvalue weighted by Gasteiger charge is -2.07. The predicted molar refractivity (Wildman–Crippen MR) is 81.9 cm³/mol. The van der Waals surface area contributed by atoms with Crippen LogP contribution in [-0.2, 0) is 0 Å². The zero-order valence-corrected chi connectivity index (χ0v) is 11.6. The van der Waals surface area contributed by atoms with E-state index in [0.717, 1.165) is 0 Å². The standard InChI is InChI=1S/C16H10ClNO3/c17-10-4-3-5-11(8-10)18-15(19)14-9-21-16(20)13-7-2-1-6-12(13)14/h1-9H,(H,18,19). The van der Waals surface area contributed by atoms with Gasteiger partial charge in [-0.2, -0.15) is 0 Å². The topological polar surface area (TPSA) is 59.3 Å². The van der Waals surface area contributed by atoms with Crippen LogP contribution in [0.25, 0.3) is 10.8 Å². The lowest BCUT2D eigenvalue weighted by molar-refractivity contribution is 0.102. The van der Waals surface area contributed by atoms with Crippen LogP contribution in [0.2, 0.25) is 5.02 Å². The SMILES string of the molecule is O=C(Nc1cccc(Cl)c1)c1coc(=O)c2ccccc12. The van der Waals surface area contributed by atoms with E-state index < -0.39 is 5.63 Å². The zero-order valence-electron chi connectivity index (χ0n) is 10.8. The quantitative estimate of drug-likeness (QED) is 0.785. The van der Waals surface area contributed by atoms with Gasteiger partial charge in [-0.25, -0.2) is 4.79 Å². The molecule has 0 aliphatic carbocycles. The van der Waals surface area contributed by atoms with E-state index in [1.54, 1.807) is 48.5 Å². The van der Waals surface area contributed by atoms with Crippen LogP contribution in [0.1, 0.15) is 10.4 Å². The van der Waals surface area contributed by atoms with Gasteiger partial charge in [0, 0.05) is 16.1 Å². The first-order chi connectivity index (χ1) is 10.1. The molecule has 3 aromatic rings. The Morgan fingerprint density at radius 2 is 1.81 bits per heavy atom. The fraction of sp³-hybridized carbons (Fsp3) is 0. The number of hydrogen-bond donors (Lipinski definition) is 1. The third kappa shape index (κ3) is 2.66. The lowest BCUT2D eigenvalue weighted by atomic mass is 10.1. The van der Waals surface area contributed by atoms with Gasteiger partial charge in [-0.15, -0.1) is 0 Å². The number of fused-ring (bicyclic) bond motifs is 1. The molecule has 1 heterocycles. The average molecular weight is 300 g/mol. The van der Waals surface area contributed by atoms with Crippen LogP contribution in [0, 0.1) is 0 Å². The Bertz CT molecular complexity index is 886. The van der Waals surface area contributed by atoms with Crippen molar-refractivity contribution in [3.05, 3.63) is 75.8 Å². The molecule has 0 fully saturated rings. The van der Waals surface area contributed by atoms with Gasteiger partial charge >= 0.3 is 5.63 Å². The Hall–Kier alpha value is -2.59. The molecule has 0 aliphatic rings. The lowest BCUT2D eigenvalue weighted by Crippen LogP contribution is -2.14. The maximum Gasteiger partial charge on any atom is 0.343 e. The van der Waals surface area contributed by atoms with Crippen molar-refractivity contribution in [2.45, 2.75) is 0 Å². The van der Waals surface area contributed by atoms with Gasteiger partial charge in [0.05, 0.1) is 10.9 Å². The molecule has 2 aromatic carbocycles. The molecule has 1 aromatic heterocycles. The van der Waals surface area contributed by atoms with Crippen molar-refractivity contribution >= 4 is 34.0 Å².